The highest BCUT2D eigenvalue weighted by atomic mass is 35.5. The van der Waals surface area contributed by atoms with Crippen molar-refractivity contribution in [3.8, 4) is 0 Å². The minimum absolute atomic E-state index is 0.0186. The van der Waals surface area contributed by atoms with E-state index >= 15 is 0 Å². The maximum absolute atomic E-state index is 13.0. The molecule has 3 atom stereocenters. The maximum atomic E-state index is 13.0. The van der Waals surface area contributed by atoms with Gasteiger partial charge in [0.1, 0.15) is 6.04 Å². The van der Waals surface area contributed by atoms with Gasteiger partial charge in [-0.2, -0.15) is 0 Å². The number of aliphatic carboxylic acids is 1. The Hall–Kier alpha value is -2.61. The van der Waals surface area contributed by atoms with Crippen LogP contribution >= 0.6 is 11.6 Å². The van der Waals surface area contributed by atoms with E-state index in [-0.39, 0.29) is 18.0 Å². The predicted octanol–water partition coefficient (Wildman–Crippen LogP) is 5.16. The molecule has 2 aromatic rings. The maximum Gasteiger partial charge on any atom is 0.321 e. The van der Waals surface area contributed by atoms with Gasteiger partial charge in [0.05, 0.1) is 0 Å². The summed E-state index contributed by atoms with van der Waals surface area (Å²) in [6, 6.07) is 17.8. The Bertz CT molecular complexity index is 1070. The van der Waals surface area contributed by atoms with E-state index in [2.05, 4.69) is 39.4 Å². The molecule has 0 saturated carbocycles. The van der Waals surface area contributed by atoms with E-state index in [4.69, 9.17) is 11.6 Å². The van der Waals surface area contributed by atoms with Crippen molar-refractivity contribution in [3.63, 3.8) is 0 Å². The van der Waals surface area contributed by atoms with Crippen LogP contribution in [0.1, 0.15) is 50.7 Å². The zero-order chi connectivity index (χ0) is 27.9. The van der Waals surface area contributed by atoms with Crippen molar-refractivity contribution in [1.29, 1.82) is 0 Å². The van der Waals surface area contributed by atoms with Crippen LogP contribution in [0, 0.1) is 11.8 Å². The van der Waals surface area contributed by atoms with Gasteiger partial charge in [0.2, 0.25) is 0 Å². The molecule has 2 aromatic carbocycles. The summed E-state index contributed by atoms with van der Waals surface area (Å²) in [6.07, 6.45) is 1.89. The average Bonchev–Trinajstić information content (AvgIpc) is 3.32. The van der Waals surface area contributed by atoms with Crippen LogP contribution in [-0.2, 0) is 11.3 Å². The van der Waals surface area contributed by atoms with Gasteiger partial charge in [-0.25, -0.2) is 4.79 Å². The molecular formula is C31H43ClN4O3. The quantitative estimate of drug-likeness (QED) is 0.424. The van der Waals surface area contributed by atoms with Gasteiger partial charge in [0.25, 0.3) is 0 Å². The van der Waals surface area contributed by atoms with Crippen LogP contribution in [0.4, 0.5) is 4.79 Å². The van der Waals surface area contributed by atoms with Crippen molar-refractivity contribution < 1.29 is 14.7 Å². The number of carboxylic acids is 1. The number of nitrogens with zero attached hydrogens (tertiary/aromatic N) is 3. The normalized spacial score (nSPS) is 21.7. The summed E-state index contributed by atoms with van der Waals surface area (Å²) >= 11 is 5.97. The fourth-order valence-electron chi connectivity index (χ4n) is 6.45. The molecule has 0 aromatic heterocycles. The second-order valence-corrected chi connectivity index (χ2v) is 11.8. The highest BCUT2D eigenvalue weighted by molar-refractivity contribution is 6.30. The number of nitrogens with one attached hydrogen (secondary N) is 1. The first kappa shape index (κ1) is 29.4. The molecule has 212 valence electrons. The lowest BCUT2D eigenvalue weighted by Crippen LogP contribution is -2.51. The van der Waals surface area contributed by atoms with Crippen LogP contribution in [0.3, 0.4) is 0 Å². The van der Waals surface area contributed by atoms with Gasteiger partial charge in [0, 0.05) is 62.8 Å². The van der Waals surface area contributed by atoms with E-state index in [0.717, 1.165) is 51.1 Å². The molecule has 0 spiro atoms. The molecule has 2 N–H and O–H groups in total. The number of likely N-dealkylation sites (tertiary alicyclic amines) is 2. The SMILES string of the molecule is CCN(C(=O)NCc1ccc(Cl)cc1)C1CCN(C[C@H]2CN([C@@H](C(=O)O)C(C)C)C[C@@H]2c2ccccc2)CC1. The van der Waals surface area contributed by atoms with Gasteiger partial charge >= 0.3 is 12.0 Å². The van der Waals surface area contributed by atoms with Gasteiger partial charge in [-0.3, -0.25) is 9.69 Å². The number of carbonyl (C=O) groups excluding carboxylic acids is 1. The number of hydrogen-bond acceptors (Lipinski definition) is 4. The third kappa shape index (κ3) is 7.53. The monoisotopic (exact) mass is 554 g/mol. The average molecular weight is 555 g/mol. The second kappa shape index (κ2) is 13.6. The summed E-state index contributed by atoms with van der Waals surface area (Å²) in [5.41, 5.74) is 2.32. The smallest absolute Gasteiger partial charge is 0.321 e. The summed E-state index contributed by atoms with van der Waals surface area (Å²) in [7, 11) is 0. The minimum atomic E-state index is -0.729. The van der Waals surface area contributed by atoms with Crippen molar-refractivity contribution in [2.75, 3.05) is 39.3 Å². The first-order chi connectivity index (χ1) is 18.8. The number of amides is 2. The van der Waals surface area contributed by atoms with Gasteiger partial charge in [0.15, 0.2) is 0 Å². The van der Waals surface area contributed by atoms with Crippen LogP contribution in [0.5, 0.6) is 0 Å². The van der Waals surface area contributed by atoms with Gasteiger partial charge in [-0.15, -0.1) is 0 Å². The molecule has 0 aliphatic carbocycles. The standard InChI is InChI=1S/C31H43ClN4O3/c1-4-36(31(39)33-18-23-10-12-26(32)13-11-23)27-14-16-34(17-15-27)19-25-20-35(29(22(2)3)30(37)38)21-28(25)24-8-6-5-7-9-24/h5-13,22,25,27-29H,4,14-21H2,1-3H3,(H,33,39)(H,37,38)/t25-,28+,29+/m0/s1. The molecule has 4 rings (SSSR count). The molecule has 2 fully saturated rings. The minimum Gasteiger partial charge on any atom is -0.480 e. The number of halogens is 1. The van der Waals surface area contributed by atoms with E-state index < -0.39 is 12.0 Å². The van der Waals surface area contributed by atoms with E-state index in [9.17, 15) is 14.7 Å². The van der Waals surface area contributed by atoms with Gasteiger partial charge in [-0.1, -0.05) is 67.9 Å². The molecule has 2 saturated heterocycles. The fourth-order valence-corrected chi connectivity index (χ4v) is 6.58. The third-order valence-corrected chi connectivity index (χ3v) is 8.68. The lowest BCUT2D eigenvalue weighted by Gasteiger charge is -2.39. The first-order valence-electron chi connectivity index (χ1n) is 14.3. The van der Waals surface area contributed by atoms with Crippen LogP contribution in [-0.4, -0.2) is 83.2 Å². The summed E-state index contributed by atoms with van der Waals surface area (Å²) in [4.78, 5) is 31.8. The molecule has 2 aliphatic heterocycles. The first-order valence-corrected chi connectivity index (χ1v) is 14.7. The van der Waals surface area contributed by atoms with E-state index in [0.29, 0.717) is 29.9 Å². The summed E-state index contributed by atoms with van der Waals surface area (Å²) in [5, 5.41) is 13.7. The number of hydrogen-bond donors (Lipinski definition) is 2. The zero-order valence-corrected chi connectivity index (χ0v) is 24.2. The summed E-state index contributed by atoms with van der Waals surface area (Å²) in [6.45, 7) is 11.6. The van der Waals surface area contributed by atoms with Gasteiger partial charge < -0.3 is 20.2 Å². The number of benzene rings is 2. The van der Waals surface area contributed by atoms with Crippen molar-refractivity contribution in [3.05, 3.63) is 70.7 Å². The Balaban J connectivity index is 1.34. The summed E-state index contributed by atoms with van der Waals surface area (Å²) in [5.74, 6) is 0.0105. The van der Waals surface area contributed by atoms with Crippen molar-refractivity contribution in [1.82, 2.24) is 20.0 Å². The van der Waals surface area contributed by atoms with E-state index in [1.165, 1.54) is 5.56 Å². The molecule has 39 heavy (non-hydrogen) atoms. The second-order valence-electron chi connectivity index (χ2n) is 11.4. The Morgan fingerprint density at radius 2 is 1.72 bits per heavy atom. The van der Waals surface area contributed by atoms with Crippen molar-refractivity contribution >= 4 is 23.6 Å². The highest BCUT2D eigenvalue weighted by Gasteiger charge is 2.41. The topological polar surface area (TPSA) is 76.1 Å². The number of rotatable bonds is 10. The Morgan fingerprint density at radius 3 is 2.31 bits per heavy atom. The molecule has 0 bridgehead atoms. The zero-order valence-electron chi connectivity index (χ0n) is 23.4. The van der Waals surface area contributed by atoms with E-state index in [1.54, 1.807) is 0 Å². The predicted molar refractivity (Wildman–Crippen MR) is 156 cm³/mol. The number of piperidine rings is 1. The number of carbonyl (C=O) groups is 2. The molecular weight excluding hydrogens is 512 g/mol. The molecule has 7 nitrogen and oxygen atoms in total. The van der Waals surface area contributed by atoms with Crippen LogP contribution in [0.2, 0.25) is 5.02 Å². The van der Waals surface area contributed by atoms with Crippen LogP contribution in [0.25, 0.3) is 0 Å². The van der Waals surface area contributed by atoms with Crippen molar-refractivity contribution in [2.24, 2.45) is 11.8 Å². The molecule has 8 heteroatoms. The third-order valence-electron chi connectivity index (χ3n) is 8.42. The lowest BCUT2D eigenvalue weighted by molar-refractivity contribution is -0.144. The van der Waals surface area contributed by atoms with Crippen LogP contribution < -0.4 is 5.32 Å². The van der Waals surface area contributed by atoms with Crippen LogP contribution in [0.15, 0.2) is 54.6 Å². The largest absolute Gasteiger partial charge is 0.480 e. The molecule has 0 radical (unpaired) electrons. The molecule has 0 unspecified atom stereocenters. The lowest BCUT2D eigenvalue weighted by atomic mass is 9.88. The Kier molecular flexibility index (Phi) is 10.3. The fraction of sp³-hybridized carbons (Fsp3) is 0.548. The highest BCUT2D eigenvalue weighted by Crippen LogP contribution is 2.36. The summed E-state index contributed by atoms with van der Waals surface area (Å²) < 4.78 is 0. The Morgan fingerprint density at radius 1 is 1.05 bits per heavy atom. The molecule has 2 aliphatic rings. The van der Waals surface area contributed by atoms with Gasteiger partial charge in [-0.05, 0) is 54.9 Å². The molecule has 2 heterocycles. The number of carboxylic acid groups (broad SMARTS) is 1. The number of urea groups is 1. The van der Waals surface area contributed by atoms with E-state index in [1.807, 2.05) is 56.0 Å². The molecule has 2 amide bonds. The Labute approximate surface area is 238 Å². The van der Waals surface area contributed by atoms with Crippen molar-refractivity contribution in [2.45, 2.75) is 58.2 Å².